The molecule has 6 nitrogen and oxygen atoms in total. The van der Waals surface area contributed by atoms with E-state index in [4.69, 9.17) is 0 Å². The number of aliphatic hydroxyl groups excluding tert-OH is 1. The molecule has 2 amide bonds. The van der Waals surface area contributed by atoms with Gasteiger partial charge in [-0.2, -0.15) is 0 Å². The Kier molecular flexibility index (Phi) is 8.55. The van der Waals surface area contributed by atoms with Crippen molar-refractivity contribution < 1.29 is 14.7 Å². The number of hydrogen-bond acceptors (Lipinski definition) is 4. The highest BCUT2D eigenvalue weighted by Crippen LogP contribution is 2.21. The highest BCUT2D eigenvalue weighted by atomic mass is 16.3. The molecule has 33 heavy (non-hydrogen) atoms. The van der Waals surface area contributed by atoms with Crippen LogP contribution in [-0.2, 0) is 11.2 Å². The van der Waals surface area contributed by atoms with Crippen LogP contribution in [0.15, 0.2) is 66.7 Å². The number of pyridine rings is 1. The Hall–Kier alpha value is -3.25. The summed E-state index contributed by atoms with van der Waals surface area (Å²) in [6, 6.07) is 20.3. The highest BCUT2D eigenvalue weighted by molar-refractivity contribution is 5.95. The molecule has 0 spiro atoms. The summed E-state index contributed by atoms with van der Waals surface area (Å²) in [7, 11) is 1.61. The van der Waals surface area contributed by atoms with Gasteiger partial charge >= 0.3 is 0 Å². The van der Waals surface area contributed by atoms with Crippen LogP contribution in [0.3, 0.4) is 0 Å². The van der Waals surface area contributed by atoms with E-state index in [9.17, 15) is 14.7 Å². The lowest BCUT2D eigenvalue weighted by Crippen LogP contribution is -2.47. The summed E-state index contributed by atoms with van der Waals surface area (Å²) in [5.41, 5.74) is 2.03. The number of carbonyl (C=O) groups excluding carboxylic acids is 2. The molecule has 3 aromatic rings. The third kappa shape index (κ3) is 6.86. The topological polar surface area (TPSA) is 91.3 Å². The fraction of sp³-hybridized carbons (Fsp3) is 0.370. The van der Waals surface area contributed by atoms with Gasteiger partial charge in [-0.05, 0) is 42.9 Å². The number of amides is 2. The lowest BCUT2D eigenvalue weighted by atomic mass is 9.87. The number of rotatable bonds is 10. The summed E-state index contributed by atoms with van der Waals surface area (Å²) in [4.78, 5) is 30.0. The van der Waals surface area contributed by atoms with Crippen LogP contribution in [0.2, 0.25) is 0 Å². The predicted molar refractivity (Wildman–Crippen MR) is 131 cm³/mol. The van der Waals surface area contributed by atoms with E-state index < -0.39 is 12.1 Å². The van der Waals surface area contributed by atoms with Crippen molar-refractivity contribution in [3.8, 4) is 0 Å². The van der Waals surface area contributed by atoms with Crippen LogP contribution < -0.4 is 10.6 Å². The van der Waals surface area contributed by atoms with Gasteiger partial charge < -0.3 is 15.7 Å². The van der Waals surface area contributed by atoms with Crippen molar-refractivity contribution in [3.05, 3.63) is 78.0 Å². The first-order valence-corrected chi connectivity index (χ1v) is 11.5. The molecule has 0 bridgehead atoms. The maximum absolute atomic E-state index is 13.1. The minimum Gasteiger partial charge on any atom is -0.391 e. The highest BCUT2D eigenvalue weighted by Gasteiger charge is 2.29. The average Bonchev–Trinajstić information content (AvgIpc) is 2.82. The van der Waals surface area contributed by atoms with Crippen LogP contribution in [0.4, 0.5) is 0 Å². The quantitative estimate of drug-likeness (QED) is 0.442. The summed E-state index contributed by atoms with van der Waals surface area (Å²) in [5.74, 6) is -0.466. The zero-order chi connectivity index (χ0) is 23.8. The fourth-order valence-electron chi connectivity index (χ4n) is 4.13. The first kappa shape index (κ1) is 24.4. The standard InChI is InChI=1S/C27H33N3O3/c1-18(2)15-21(26(32)28-3)17-25(31)24(16-19-9-5-4-6-10-19)30-27(33)23-14-13-20-11-7-8-12-22(20)29-23/h4-14,18,21,24-25,31H,15-17H2,1-3H3,(H,28,32)(H,30,33)/t21-,24+,25+/m1/s1. The number of aromatic nitrogens is 1. The summed E-state index contributed by atoms with van der Waals surface area (Å²) in [5, 5.41) is 17.8. The monoisotopic (exact) mass is 447 g/mol. The Balaban J connectivity index is 1.81. The van der Waals surface area contributed by atoms with E-state index in [0.29, 0.717) is 24.5 Å². The van der Waals surface area contributed by atoms with Crippen molar-refractivity contribution in [1.29, 1.82) is 0 Å². The average molecular weight is 448 g/mol. The van der Waals surface area contributed by atoms with E-state index in [0.717, 1.165) is 16.5 Å². The number of fused-ring (bicyclic) bond motifs is 1. The van der Waals surface area contributed by atoms with Crippen LogP contribution in [0.25, 0.3) is 10.9 Å². The number of benzene rings is 2. The maximum Gasteiger partial charge on any atom is 0.270 e. The van der Waals surface area contributed by atoms with Gasteiger partial charge in [0.25, 0.3) is 5.91 Å². The van der Waals surface area contributed by atoms with Crippen LogP contribution in [-0.4, -0.2) is 41.1 Å². The molecule has 1 heterocycles. The molecule has 0 aliphatic rings. The lowest BCUT2D eigenvalue weighted by Gasteiger charge is -2.28. The third-order valence-corrected chi connectivity index (χ3v) is 5.81. The first-order valence-electron chi connectivity index (χ1n) is 11.5. The van der Waals surface area contributed by atoms with E-state index >= 15 is 0 Å². The van der Waals surface area contributed by atoms with Gasteiger partial charge in [0.05, 0.1) is 17.7 Å². The van der Waals surface area contributed by atoms with Gasteiger partial charge in [0.15, 0.2) is 0 Å². The Morgan fingerprint density at radius 1 is 0.939 bits per heavy atom. The van der Waals surface area contributed by atoms with Crippen LogP contribution in [0.5, 0.6) is 0 Å². The van der Waals surface area contributed by atoms with Crippen LogP contribution in [0.1, 0.15) is 42.7 Å². The predicted octanol–water partition coefficient (Wildman–Crippen LogP) is 3.74. The van der Waals surface area contributed by atoms with Crippen molar-refractivity contribution in [2.45, 2.75) is 45.3 Å². The second-order valence-electron chi connectivity index (χ2n) is 8.90. The third-order valence-electron chi connectivity index (χ3n) is 5.81. The van der Waals surface area contributed by atoms with Gasteiger partial charge in [0, 0.05) is 18.4 Å². The van der Waals surface area contributed by atoms with Gasteiger partial charge in [0.1, 0.15) is 5.69 Å². The van der Waals surface area contributed by atoms with Gasteiger partial charge in [-0.15, -0.1) is 0 Å². The van der Waals surface area contributed by atoms with Crippen molar-refractivity contribution in [2.24, 2.45) is 11.8 Å². The molecule has 3 atom stereocenters. The number of para-hydroxylation sites is 1. The SMILES string of the molecule is CNC(=O)[C@H](CC(C)C)C[C@H](O)[C@H](Cc1ccccc1)NC(=O)c1ccc2ccccc2n1. The number of aliphatic hydroxyl groups is 1. The number of nitrogens with one attached hydrogen (secondary N) is 2. The minimum absolute atomic E-state index is 0.0938. The van der Waals surface area contributed by atoms with Crippen LogP contribution >= 0.6 is 0 Å². The maximum atomic E-state index is 13.1. The van der Waals surface area contributed by atoms with Gasteiger partial charge in [0.2, 0.25) is 5.91 Å². The Morgan fingerprint density at radius 2 is 1.64 bits per heavy atom. The molecular formula is C27H33N3O3. The van der Waals surface area contributed by atoms with E-state index in [1.54, 1.807) is 13.1 Å². The van der Waals surface area contributed by atoms with E-state index in [-0.39, 0.29) is 24.2 Å². The molecule has 0 saturated heterocycles. The van der Waals surface area contributed by atoms with Crippen molar-refractivity contribution in [2.75, 3.05) is 7.05 Å². The summed E-state index contributed by atoms with van der Waals surface area (Å²) >= 11 is 0. The lowest BCUT2D eigenvalue weighted by molar-refractivity contribution is -0.126. The largest absolute Gasteiger partial charge is 0.391 e. The molecule has 1 aromatic heterocycles. The Morgan fingerprint density at radius 3 is 2.33 bits per heavy atom. The second-order valence-corrected chi connectivity index (χ2v) is 8.90. The molecule has 3 rings (SSSR count). The van der Waals surface area contributed by atoms with Gasteiger partial charge in [-0.25, -0.2) is 4.98 Å². The molecule has 3 N–H and O–H groups in total. The van der Waals surface area contributed by atoms with E-state index in [1.807, 2.05) is 60.7 Å². The van der Waals surface area contributed by atoms with Crippen molar-refractivity contribution >= 4 is 22.7 Å². The summed E-state index contributed by atoms with van der Waals surface area (Å²) in [6.45, 7) is 4.11. The summed E-state index contributed by atoms with van der Waals surface area (Å²) in [6.07, 6.45) is 0.481. The molecule has 0 radical (unpaired) electrons. The normalized spacial score (nSPS) is 14.0. The van der Waals surface area contributed by atoms with Crippen LogP contribution in [0, 0.1) is 11.8 Å². The molecular weight excluding hydrogens is 414 g/mol. The van der Waals surface area contributed by atoms with Crippen molar-refractivity contribution in [3.63, 3.8) is 0 Å². The van der Waals surface area contributed by atoms with Gasteiger partial charge in [-0.1, -0.05) is 68.4 Å². The Bertz CT molecular complexity index is 1070. The molecule has 174 valence electrons. The molecule has 6 heteroatoms. The van der Waals surface area contributed by atoms with Crippen molar-refractivity contribution in [1.82, 2.24) is 15.6 Å². The molecule has 0 unspecified atom stereocenters. The smallest absolute Gasteiger partial charge is 0.270 e. The molecule has 0 fully saturated rings. The number of carbonyl (C=O) groups is 2. The zero-order valence-electron chi connectivity index (χ0n) is 19.5. The molecule has 0 aliphatic heterocycles. The second kappa shape index (κ2) is 11.6. The minimum atomic E-state index is -0.893. The molecule has 2 aromatic carbocycles. The first-order chi connectivity index (χ1) is 15.9. The van der Waals surface area contributed by atoms with E-state index in [2.05, 4.69) is 29.5 Å². The molecule has 0 aliphatic carbocycles. The van der Waals surface area contributed by atoms with E-state index in [1.165, 1.54) is 0 Å². The number of hydrogen-bond donors (Lipinski definition) is 3. The number of nitrogens with zero attached hydrogens (tertiary/aromatic N) is 1. The Labute approximate surface area is 195 Å². The molecule has 0 saturated carbocycles. The fourth-order valence-corrected chi connectivity index (χ4v) is 4.13. The summed E-state index contributed by atoms with van der Waals surface area (Å²) < 4.78 is 0. The van der Waals surface area contributed by atoms with Gasteiger partial charge in [-0.3, -0.25) is 9.59 Å². The zero-order valence-corrected chi connectivity index (χ0v) is 19.5.